The molecule has 3 N–H and O–H groups in total. The lowest BCUT2D eigenvalue weighted by molar-refractivity contribution is 0.0685. The summed E-state index contributed by atoms with van der Waals surface area (Å²) in [7, 11) is 0. The molecule has 0 bridgehead atoms. The molecule has 0 saturated carbocycles. The fourth-order valence-corrected chi connectivity index (χ4v) is 2.19. The maximum absolute atomic E-state index is 11.0. The van der Waals surface area contributed by atoms with Crippen molar-refractivity contribution >= 4 is 12.1 Å². The highest BCUT2D eigenvalue weighted by molar-refractivity contribution is 5.87. The van der Waals surface area contributed by atoms with Crippen LogP contribution in [0.25, 0.3) is 0 Å². The highest BCUT2D eigenvalue weighted by Gasteiger charge is 2.38. The van der Waals surface area contributed by atoms with Gasteiger partial charge in [0.05, 0.1) is 6.54 Å². The summed E-state index contributed by atoms with van der Waals surface area (Å²) < 4.78 is 0. The second-order valence-corrected chi connectivity index (χ2v) is 4.75. The van der Waals surface area contributed by atoms with Crippen LogP contribution in [-0.4, -0.2) is 43.9 Å². The van der Waals surface area contributed by atoms with Gasteiger partial charge < -0.3 is 15.1 Å². The van der Waals surface area contributed by atoms with Gasteiger partial charge in [0.2, 0.25) is 0 Å². The Morgan fingerprint density at radius 1 is 1.41 bits per heavy atom. The molecule has 0 saturated heterocycles. The molecule has 0 aromatic carbocycles. The van der Waals surface area contributed by atoms with Crippen LogP contribution in [0.1, 0.15) is 35.6 Å². The normalized spacial score (nSPS) is 17.6. The van der Waals surface area contributed by atoms with E-state index in [1.165, 1.54) is 4.90 Å². The third-order valence-electron chi connectivity index (χ3n) is 2.95. The number of nitrogens with zero attached hydrogens (tertiary/aromatic N) is 2. The number of hydrogen-bond acceptors (Lipinski definition) is 3. The zero-order chi connectivity index (χ0) is 12.8. The summed E-state index contributed by atoms with van der Waals surface area (Å²) in [6, 6.07) is 0. The Labute approximate surface area is 97.0 Å². The second-order valence-electron chi connectivity index (χ2n) is 4.75. The van der Waals surface area contributed by atoms with Crippen molar-refractivity contribution in [3.8, 4) is 0 Å². The largest absolute Gasteiger partial charge is 0.476 e. The van der Waals surface area contributed by atoms with E-state index in [-0.39, 0.29) is 12.2 Å². The van der Waals surface area contributed by atoms with Gasteiger partial charge in [-0.15, -0.1) is 0 Å². The molecule has 0 radical (unpaired) electrons. The number of amides is 1. The number of rotatable bonds is 1. The zero-order valence-electron chi connectivity index (χ0n) is 9.52. The Hall–Kier alpha value is -2.05. The van der Waals surface area contributed by atoms with Gasteiger partial charge in [-0.3, -0.25) is 5.10 Å². The maximum Gasteiger partial charge on any atom is 0.407 e. The van der Waals surface area contributed by atoms with Crippen molar-refractivity contribution in [1.29, 1.82) is 0 Å². The van der Waals surface area contributed by atoms with E-state index in [1.54, 1.807) is 0 Å². The molecule has 17 heavy (non-hydrogen) atoms. The fraction of sp³-hybridized carbons (Fsp3) is 0.500. The number of aromatic carboxylic acids is 1. The zero-order valence-corrected chi connectivity index (χ0v) is 9.52. The van der Waals surface area contributed by atoms with Crippen LogP contribution in [0.15, 0.2) is 0 Å². The molecule has 1 aliphatic heterocycles. The number of carboxylic acid groups (broad SMARTS) is 2. The summed E-state index contributed by atoms with van der Waals surface area (Å²) in [6.07, 6.45) is -1.05. The van der Waals surface area contributed by atoms with Gasteiger partial charge in [0.15, 0.2) is 5.69 Å². The van der Waals surface area contributed by atoms with E-state index in [2.05, 4.69) is 10.2 Å². The molecule has 1 aliphatic rings. The molecule has 7 heteroatoms. The van der Waals surface area contributed by atoms with Crippen molar-refractivity contribution in [2.75, 3.05) is 6.54 Å². The third kappa shape index (κ3) is 1.73. The molecular formula is C10H13N3O4. The van der Waals surface area contributed by atoms with E-state index in [1.807, 2.05) is 13.8 Å². The molecule has 1 aromatic heterocycles. The van der Waals surface area contributed by atoms with Crippen LogP contribution in [0.4, 0.5) is 4.79 Å². The van der Waals surface area contributed by atoms with E-state index in [4.69, 9.17) is 10.2 Å². The molecule has 2 rings (SSSR count). The summed E-state index contributed by atoms with van der Waals surface area (Å²) in [5.41, 5.74) is 0.592. The number of aromatic amines is 1. The quantitative estimate of drug-likeness (QED) is 0.674. The van der Waals surface area contributed by atoms with Crippen LogP contribution in [0.3, 0.4) is 0 Å². The highest BCUT2D eigenvalue weighted by atomic mass is 16.4. The summed E-state index contributed by atoms with van der Waals surface area (Å²) >= 11 is 0. The van der Waals surface area contributed by atoms with E-state index in [9.17, 15) is 9.59 Å². The van der Waals surface area contributed by atoms with Crippen molar-refractivity contribution in [2.24, 2.45) is 0 Å². The number of fused-ring (bicyclic) bond motifs is 1. The average molecular weight is 239 g/mol. The van der Waals surface area contributed by atoms with Gasteiger partial charge in [-0.25, -0.2) is 9.59 Å². The van der Waals surface area contributed by atoms with E-state index < -0.39 is 17.5 Å². The molecule has 1 amide bonds. The first-order chi connectivity index (χ1) is 7.83. The van der Waals surface area contributed by atoms with Crippen molar-refractivity contribution in [3.05, 3.63) is 17.0 Å². The van der Waals surface area contributed by atoms with E-state index in [0.29, 0.717) is 17.8 Å². The topological polar surface area (TPSA) is 107 Å². The number of H-pyrrole nitrogens is 1. The van der Waals surface area contributed by atoms with Gasteiger partial charge in [-0.05, 0) is 0 Å². The van der Waals surface area contributed by atoms with Crippen LogP contribution in [0.2, 0.25) is 0 Å². The lowest BCUT2D eigenvalue weighted by Gasteiger charge is -2.35. The average Bonchev–Trinajstić information content (AvgIpc) is 2.60. The number of carbonyl (C=O) groups is 2. The summed E-state index contributed by atoms with van der Waals surface area (Å²) in [5, 5.41) is 24.4. The Kier molecular flexibility index (Phi) is 2.34. The fourth-order valence-electron chi connectivity index (χ4n) is 2.19. The first kappa shape index (κ1) is 11.4. The molecule has 7 nitrogen and oxygen atoms in total. The Morgan fingerprint density at radius 2 is 2.06 bits per heavy atom. The van der Waals surface area contributed by atoms with Gasteiger partial charge >= 0.3 is 12.1 Å². The minimum absolute atomic E-state index is 0.0617. The molecule has 2 heterocycles. The number of hydrogen-bond donors (Lipinski definition) is 3. The van der Waals surface area contributed by atoms with Crippen LogP contribution in [-0.2, 0) is 12.0 Å². The molecule has 0 spiro atoms. The minimum Gasteiger partial charge on any atom is -0.476 e. The Balaban J connectivity index is 2.51. The molecule has 1 aromatic rings. The van der Waals surface area contributed by atoms with Crippen molar-refractivity contribution in [2.45, 2.75) is 25.8 Å². The highest BCUT2D eigenvalue weighted by Crippen LogP contribution is 2.33. The molecule has 0 atom stereocenters. The molecular weight excluding hydrogens is 226 g/mol. The minimum atomic E-state index is -1.15. The molecule has 0 unspecified atom stereocenters. The molecule has 92 valence electrons. The van der Waals surface area contributed by atoms with E-state index in [0.717, 1.165) is 0 Å². The number of carboxylic acids is 1. The second kappa shape index (κ2) is 3.47. The van der Waals surface area contributed by atoms with Crippen LogP contribution < -0.4 is 0 Å². The Morgan fingerprint density at radius 3 is 2.59 bits per heavy atom. The first-order valence-electron chi connectivity index (χ1n) is 5.12. The molecule has 0 aliphatic carbocycles. The van der Waals surface area contributed by atoms with Crippen LogP contribution in [0, 0.1) is 0 Å². The first-order valence-corrected chi connectivity index (χ1v) is 5.12. The predicted molar refractivity (Wildman–Crippen MR) is 57.0 cm³/mol. The van der Waals surface area contributed by atoms with Crippen LogP contribution in [0.5, 0.6) is 0 Å². The predicted octanol–water partition coefficient (Wildman–Crippen LogP) is 0.879. The van der Waals surface area contributed by atoms with Gasteiger partial charge in [0.25, 0.3) is 0 Å². The lowest BCUT2D eigenvalue weighted by Crippen LogP contribution is -2.44. The summed E-state index contributed by atoms with van der Waals surface area (Å²) in [4.78, 5) is 23.2. The van der Waals surface area contributed by atoms with Gasteiger partial charge in [0.1, 0.15) is 0 Å². The number of aromatic nitrogens is 2. The number of nitrogens with one attached hydrogen (secondary N) is 1. The third-order valence-corrected chi connectivity index (χ3v) is 2.95. The smallest absolute Gasteiger partial charge is 0.407 e. The van der Waals surface area contributed by atoms with Crippen molar-refractivity contribution in [3.63, 3.8) is 0 Å². The standard InChI is InChI=1S/C10H13N3O4/c1-10(2)4-13(9(16)17)3-5-6(8(14)15)11-12-7(5)10/h3-4H2,1-2H3,(H,11,12)(H,14,15)(H,16,17). The maximum atomic E-state index is 11.0. The summed E-state index contributed by atoms with van der Waals surface area (Å²) in [6.45, 7) is 4.08. The van der Waals surface area contributed by atoms with Gasteiger partial charge in [-0.2, -0.15) is 5.10 Å². The lowest BCUT2D eigenvalue weighted by atomic mass is 9.82. The SMILES string of the molecule is CC1(C)CN(C(=O)O)Cc2c(C(=O)O)n[nH]c21. The van der Waals surface area contributed by atoms with Gasteiger partial charge in [0, 0.05) is 23.2 Å². The Bertz CT molecular complexity index is 492. The van der Waals surface area contributed by atoms with Gasteiger partial charge in [-0.1, -0.05) is 13.8 Å². The van der Waals surface area contributed by atoms with E-state index >= 15 is 0 Å². The molecule has 0 fully saturated rings. The van der Waals surface area contributed by atoms with Crippen molar-refractivity contribution < 1.29 is 19.8 Å². The van der Waals surface area contributed by atoms with Crippen molar-refractivity contribution in [1.82, 2.24) is 15.1 Å². The monoisotopic (exact) mass is 239 g/mol. The summed E-state index contributed by atoms with van der Waals surface area (Å²) in [5.74, 6) is -1.15. The van der Waals surface area contributed by atoms with Crippen LogP contribution >= 0.6 is 0 Å².